The van der Waals surface area contributed by atoms with Gasteiger partial charge in [0.25, 0.3) is 0 Å². The molecule has 0 aliphatic carbocycles. The van der Waals surface area contributed by atoms with Crippen LogP contribution in [-0.2, 0) is 11.3 Å². The second-order valence-corrected chi connectivity index (χ2v) is 6.15. The van der Waals surface area contributed by atoms with Gasteiger partial charge in [0.05, 0.1) is 18.2 Å². The number of hydrogen-bond acceptors (Lipinski definition) is 3. The molecule has 0 fully saturated rings. The summed E-state index contributed by atoms with van der Waals surface area (Å²) in [7, 11) is 1.90. The molecule has 24 heavy (non-hydrogen) atoms. The molecule has 0 aromatic heterocycles. The minimum absolute atomic E-state index is 0.0263. The lowest BCUT2D eigenvalue weighted by atomic mass is 10.1. The summed E-state index contributed by atoms with van der Waals surface area (Å²) in [5, 5.41) is 2.94. The summed E-state index contributed by atoms with van der Waals surface area (Å²) in [6.45, 7) is 2.91. The van der Waals surface area contributed by atoms with E-state index < -0.39 is 0 Å². The van der Waals surface area contributed by atoms with E-state index in [-0.39, 0.29) is 17.8 Å². The van der Waals surface area contributed by atoms with Gasteiger partial charge < -0.3 is 15.0 Å². The van der Waals surface area contributed by atoms with Crippen LogP contribution in [-0.4, -0.2) is 25.6 Å². The Kier molecular flexibility index (Phi) is 4.69. The molecule has 4 nitrogen and oxygen atoms in total. The summed E-state index contributed by atoms with van der Waals surface area (Å²) >= 11 is 0. The smallest absolute Gasteiger partial charge is 0.222 e. The Labute approximate surface area is 141 Å². The highest BCUT2D eigenvalue weighted by Gasteiger charge is 2.26. The zero-order valence-corrected chi connectivity index (χ0v) is 13.9. The molecule has 3 rings (SSSR count). The molecule has 0 unspecified atom stereocenters. The van der Waals surface area contributed by atoms with E-state index in [1.54, 1.807) is 6.07 Å². The van der Waals surface area contributed by atoms with Crippen molar-refractivity contribution in [2.75, 3.05) is 18.6 Å². The van der Waals surface area contributed by atoms with Crippen LogP contribution in [0, 0.1) is 12.7 Å². The number of fused-ring (bicyclic) bond motifs is 1. The number of rotatable bonds is 4. The van der Waals surface area contributed by atoms with Crippen LogP contribution in [0.25, 0.3) is 0 Å². The Morgan fingerprint density at radius 3 is 2.79 bits per heavy atom. The molecule has 1 heterocycles. The summed E-state index contributed by atoms with van der Waals surface area (Å²) in [5.41, 5.74) is 3.07. The first-order chi connectivity index (χ1) is 11.5. The molecular formula is C19H21FN2O2. The minimum atomic E-state index is -0.323. The maximum Gasteiger partial charge on any atom is 0.222 e. The summed E-state index contributed by atoms with van der Waals surface area (Å²) in [6.07, 6.45) is 0.333. The van der Waals surface area contributed by atoms with Crippen molar-refractivity contribution in [3.05, 3.63) is 59.4 Å². The molecule has 0 spiro atoms. The maximum atomic E-state index is 13.3. The third kappa shape index (κ3) is 3.67. The summed E-state index contributed by atoms with van der Waals surface area (Å²) < 4.78 is 18.9. The zero-order chi connectivity index (χ0) is 17.1. The topological polar surface area (TPSA) is 41.6 Å². The number of ether oxygens (including phenoxy) is 1. The van der Waals surface area contributed by atoms with Crippen molar-refractivity contribution in [1.29, 1.82) is 0 Å². The standard InChI is InChI=1S/C19H21FN2O2/c1-13-3-5-14(6-4-13)11-21-19(23)10-16-12-24-18-9-15(20)7-8-17(18)22(16)2/h3-9,16H,10-12H2,1-2H3,(H,21,23)/t16-/m0/s1. The van der Waals surface area contributed by atoms with Crippen molar-refractivity contribution < 1.29 is 13.9 Å². The van der Waals surface area contributed by atoms with Gasteiger partial charge in [-0.3, -0.25) is 4.79 Å². The van der Waals surface area contributed by atoms with E-state index in [4.69, 9.17) is 4.74 Å². The third-order valence-corrected chi connectivity index (χ3v) is 4.31. The van der Waals surface area contributed by atoms with E-state index in [9.17, 15) is 9.18 Å². The molecule has 1 atom stereocenters. The molecule has 1 aliphatic heterocycles. The number of carbonyl (C=O) groups is 1. The molecule has 126 valence electrons. The van der Waals surface area contributed by atoms with Gasteiger partial charge >= 0.3 is 0 Å². The van der Waals surface area contributed by atoms with Crippen LogP contribution in [0.4, 0.5) is 10.1 Å². The van der Waals surface area contributed by atoms with Crippen molar-refractivity contribution in [3.8, 4) is 5.75 Å². The number of likely N-dealkylation sites (N-methyl/N-ethyl adjacent to an activating group) is 1. The van der Waals surface area contributed by atoms with Gasteiger partial charge in [-0.15, -0.1) is 0 Å². The minimum Gasteiger partial charge on any atom is -0.489 e. The Balaban J connectivity index is 1.57. The maximum absolute atomic E-state index is 13.3. The van der Waals surface area contributed by atoms with Crippen molar-refractivity contribution in [1.82, 2.24) is 5.32 Å². The lowest BCUT2D eigenvalue weighted by Gasteiger charge is -2.35. The van der Waals surface area contributed by atoms with Gasteiger partial charge in [0, 0.05) is 19.7 Å². The first kappa shape index (κ1) is 16.3. The van der Waals surface area contributed by atoms with Crippen LogP contribution in [0.15, 0.2) is 42.5 Å². The number of halogens is 1. The Morgan fingerprint density at radius 2 is 2.04 bits per heavy atom. The highest BCUT2D eigenvalue weighted by atomic mass is 19.1. The molecule has 5 heteroatoms. The molecule has 0 radical (unpaired) electrons. The van der Waals surface area contributed by atoms with Crippen molar-refractivity contribution in [3.63, 3.8) is 0 Å². The lowest BCUT2D eigenvalue weighted by molar-refractivity contribution is -0.121. The van der Waals surface area contributed by atoms with Gasteiger partial charge in [0.2, 0.25) is 5.91 Å². The lowest BCUT2D eigenvalue weighted by Crippen LogP contribution is -2.43. The summed E-state index contributed by atoms with van der Waals surface area (Å²) in [4.78, 5) is 14.2. The van der Waals surface area contributed by atoms with Crippen LogP contribution in [0.5, 0.6) is 5.75 Å². The SMILES string of the molecule is Cc1ccc(CNC(=O)C[C@H]2COc3cc(F)ccc3N2C)cc1. The predicted octanol–water partition coefficient (Wildman–Crippen LogP) is 3.04. The molecule has 1 aliphatic rings. The van der Waals surface area contributed by atoms with Gasteiger partial charge in [-0.2, -0.15) is 0 Å². The van der Waals surface area contributed by atoms with Gasteiger partial charge in [-0.05, 0) is 24.6 Å². The fourth-order valence-electron chi connectivity index (χ4n) is 2.78. The molecule has 0 bridgehead atoms. The first-order valence-electron chi connectivity index (χ1n) is 8.00. The predicted molar refractivity (Wildman–Crippen MR) is 91.7 cm³/mol. The van der Waals surface area contributed by atoms with Crippen LogP contribution in [0.1, 0.15) is 17.5 Å². The van der Waals surface area contributed by atoms with E-state index >= 15 is 0 Å². The third-order valence-electron chi connectivity index (χ3n) is 4.31. The number of anilines is 1. The van der Waals surface area contributed by atoms with Crippen molar-refractivity contribution in [2.45, 2.75) is 25.9 Å². The molecular weight excluding hydrogens is 307 g/mol. The average molecular weight is 328 g/mol. The number of hydrogen-bond donors (Lipinski definition) is 1. The average Bonchev–Trinajstić information content (AvgIpc) is 2.57. The van der Waals surface area contributed by atoms with Crippen molar-refractivity contribution >= 4 is 11.6 Å². The highest BCUT2D eigenvalue weighted by molar-refractivity contribution is 5.77. The number of carbonyl (C=O) groups excluding carboxylic acids is 1. The van der Waals surface area contributed by atoms with Gasteiger partial charge in [0.15, 0.2) is 0 Å². The molecule has 2 aromatic carbocycles. The van der Waals surface area contributed by atoms with E-state index in [1.807, 2.05) is 43.1 Å². The van der Waals surface area contributed by atoms with E-state index in [2.05, 4.69) is 5.32 Å². The number of nitrogens with zero attached hydrogens (tertiary/aromatic N) is 1. The molecule has 2 aromatic rings. The summed E-state index contributed by atoms with van der Waals surface area (Å²) in [5.74, 6) is 0.173. The molecule has 1 N–H and O–H groups in total. The molecule has 0 saturated heterocycles. The van der Waals surface area contributed by atoms with Crippen LogP contribution >= 0.6 is 0 Å². The summed E-state index contributed by atoms with van der Waals surface area (Å²) in [6, 6.07) is 12.5. The fourth-order valence-corrected chi connectivity index (χ4v) is 2.78. The van der Waals surface area contributed by atoms with E-state index in [1.165, 1.54) is 17.7 Å². The van der Waals surface area contributed by atoms with Crippen molar-refractivity contribution in [2.24, 2.45) is 0 Å². The quantitative estimate of drug-likeness (QED) is 0.938. The normalized spacial score (nSPS) is 16.3. The largest absolute Gasteiger partial charge is 0.489 e. The Hall–Kier alpha value is -2.56. The molecule has 1 amide bonds. The fraction of sp³-hybridized carbons (Fsp3) is 0.316. The monoisotopic (exact) mass is 328 g/mol. The van der Waals surface area contributed by atoms with Crippen LogP contribution in [0.2, 0.25) is 0 Å². The second kappa shape index (κ2) is 6.91. The first-order valence-corrected chi connectivity index (χ1v) is 8.00. The second-order valence-electron chi connectivity index (χ2n) is 6.15. The van der Waals surface area contributed by atoms with Gasteiger partial charge in [-0.25, -0.2) is 4.39 Å². The number of amides is 1. The number of nitrogens with one attached hydrogen (secondary N) is 1. The zero-order valence-electron chi connectivity index (χ0n) is 13.9. The van der Waals surface area contributed by atoms with Crippen LogP contribution < -0.4 is 15.0 Å². The van der Waals surface area contributed by atoms with E-state index in [0.717, 1.165) is 11.3 Å². The van der Waals surface area contributed by atoms with Gasteiger partial charge in [0.1, 0.15) is 18.2 Å². The number of benzene rings is 2. The molecule has 0 saturated carbocycles. The van der Waals surface area contributed by atoms with E-state index in [0.29, 0.717) is 25.3 Å². The Morgan fingerprint density at radius 1 is 1.29 bits per heavy atom. The highest BCUT2D eigenvalue weighted by Crippen LogP contribution is 2.34. The Bertz CT molecular complexity index is 731. The number of aryl methyl sites for hydroxylation is 1. The van der Waals surface area contributed by atoms with Gasteiger partial charge in [-0.1, -0.05) is 29.8 Å². The van der Waals surface area contributed by atoms with Crippen LogP contribution in [0.3, 0.4) is 0 Å².